The minimum absolute atomic E-state index is 0.0111. The third kappa shape index (κ3) is 6.37. The lowest BCUT2D eigenvalue weighted by Gasteiger charge is -2.45. The molecule has 0 bridgehead atoms. The number of ether oxygens (including phenoxy) is 1. The fraction of sp³-hybridized carbons (Fsp3) is 0.405. The summed E-state index contributed by atoms with van der Waals surface area (Å²) < 4.78 is 40.7. The molecule has 2 aliphatic carbocycles. The lowest BCUT2D eigenvalue weighted by molar-refractivity contribution is 0.0526. The van der Waals surface area contributed by atoms with Crippen LogP contribution in [0.5, 0.6) is 0 Å². The number of hydrogen-bond donors (Lipinski definition) is 1. The average molecular weight is 818 g/mol. The topological polar surface area (TPSA) is 83.9 Å². The molecule has 53 heavy (non-hydrogen) atoms. The number of halogens is 4. The maximum atomic E-state index is 13.9. The average Bonchev–Trinajstić information content (AvgIpc) is 3.04. The van der Waals surface area contributed by atoms with Gasteiger partial charge in [-0.3, -0.25) is 4.55 Å². The number of esters is 1. The molecule has 0 fully saturated rings. The number of allylic oxidation sites excluding steroid dienone is 2. The molecule has 11 heteroatoms. The highest BCUT2D eigenvalue weighted by Crippen LogP contribution is 2.51. The highest BCUT2D eigenvalue weighted by molar-refractivity contribution is 7.86. The lowest BCUT2D eigenvalue weighted by Crippen LogP contribution is -2.46. The summed E-state index contributed by atoms with van der Waals surface area (Å²) in [6, 6.07) is 8.52. The molecule has 0 radical (unpaired) electrons. The second-order valence-corrected chi connectivity index (χ2v) is 18.7. The predicted octanol–water partition coefficient (Wildman–Crippen LogP) is 10.3. The van der Waals surface area contributed by atoms with Crippen LogP contribution in [0.15, 0.2) is 36.4 Å². The molecule has 0 saturated carbocycles. The fourth-order valence-electron chi connectivity index (χ4n) is 9.00. The molecule has 6 rings (SSSR count). The monoisotopic (exact) mass is 815 g/mol. The Morgan fingerprint density at radius 1 is 0.811 bits per heavy atom. The van der Waals surface area contributed by atoms with Gasteiger partial charge in [-0.05, 0) is 115 Å². The van der Waals surface area contributed by atoms with Gasteiger partial charge in [0.25, 0.3) is 10.1 Å². The minimum Gasteiger partial charge on any atom is -0.462 e. The van der Waals surface area contributed by atoms with Crippen molar-refractivity contribution < 1.29 is 22.5 Å². The Labute approximate surface area is 332 Å². The summed E-state index contributed by atoms with van der Waals surface area (Å²) in [5.41, 5.74) is 7.54. The molecule has 0 aromatic heterocycles. The number of likely N-dealkylation sites (N-methyl/N-ethyl adjacent to an activating group) is 1. The first-order valence-electron chi connectivity index (χ1n) is 17.8. The molecule has 1 N–H and O–H groups in total. The van der Waals surface area contributed by atoms with Crippen LogP contribution in [0.25, 0.3) is 22.3 Å². The summed E-state index contributed by atoms with van der Waals surface area (Å²) >= 11 is 27.6. The molecule has 0 amide bonds. The third-order valence-electron chi connectivity index (χ3n) is 11.1. The standard InChI is InChI=1S/C42H45Cl4NO5S/c1-11-28-25-16-29-26(14-23(25)21(4)18-40(28,5)6)32(33-34(39(48)52-13-3)36(44)38(46)37(45)35(33)43)27-15-24-22(20-53(49,50)51)19-41(7,8)47(12-2)31(24)17-30(27)42(29,9)10/h14-19H,11-13,20H2,1-10H3,(H,49,50,51). The Morgan fingerprint density at radius 3 is 2.04 bits per heavy atom. The first kappa shape index (κ1) is 39.9. The zero-order valence-electron chi connectivity index (χ0n) is 31.7. The van der Waals surface area contributed by atoms with Gasteiger partial charge in [0.15, 0.2) is 0 Å². The minimum atomic E-state index is -4.41. The number of rotatable bonds is 7. The van der Waals surface area contributed by atoms with E-state index in [2.05, 4.69) is 77.6 Å². The van der Waals surface area contributed by atoms with E-state index in [4.69, 9.17) is 51.1 Å². The van der Waals surface area contributed by atoms with Crippen molar-refractivity contribution in [3.63, 3.8) is 0 Å². The Morgan fingerprint density at radius 2 is 1.45 bits per heavy atom. The molecule has 3 aromatic carbocycles. The quantitative estimate of drug-likeness (QED) is 0.111. The Kier molecular flexibility index (Phi) is 10.1. The Bertz CT molecular complexity index is 2440. The van der Waals surface area contributed by atoms with E-state index in [1.54, 1.807) is 6.92 Å². The van der Waals surface area contributed by atoms with Crippen LogP contribution in [0, 0.1) is 5.41 Å². The molecule has 0 saturated heterocycles. The van der Waals surface area contributed by atoms with E-state index in [0.29, 0.717) is 28.8 Å². The van der Waals surface area contributed by atoms with Gasteiger partial charge in [-0.1, -0.05) is 98.7 Å². The summed E-state index contributed by atoms with van der Waals surface area (Å²) in [7, 11) is -4.41. The molecule has 1 aliphatic heterocycles. The number of anilines is 1. The predicted molar refractivity (Wildman–Crippen MR) is 221 cm³/mol. The molecule has 0 spiro atoms. The van der Waals surface area contributed by atoms with Gasteiger partial charge in [0, 0.05) is 34.2 Å². The van der Waals surface area contributed by atoms with E-state index in [9.17, 15) is 17.8 Å². The fourth-order valence-corrected chi connectivity index (χ4v) is 10.7. The van der Waals surface area contributed by atoms with E-state index in [-0.39, 0.29) is 43.2 Å². The van der Waals surface area contributed by atoms with Crippen molar-refractivity contribution in [2.45, 2.75) is 86.6 Å². The highest BCUT2D eigenvalue weighted by atomic mass is 35.5. The van der Waals surface area contributed by atoms with E-state index >= 15 is 0 Å². The first-order chi connectivity index (χ1) is 24.5. The zero-order valence-corrected chi connectivity index (χ0v) is 35.6. The van der Waals surface area contributed by atoms with Gasteiger partial charge in [-0.15, -0.1) is 0 Å². The van der Waals surface area contributed by atoms with E-state index in [1.807, 2.05) is 26.0 Å². The number of nitrogens with zero attached hydrogens (tertiary/aromatic N) is 1. The lowest BCUT2D eigenvalue weighted by atomic mass is 9.66. The molecule has 0 atom stereocenters. The third-order valence-corrected chi connectivity index (χ3v) is 13.6. The normalized spacial score (nSPS) is 18.1. The van der Waals surface area contributed by atoms with Crippen molar-refractivity contribution in [2.24, 2.45) is 5.41 Å². The van der Waals surface area contributed by atoms with Crippen molar-refractivity contribution in [2.75, 3.05) is 23.8 Å². The van der Waals surface area contributed by atoms with E-state index < -0.39 is 32.8 Å². The van der Waals surface area contributed by atoms with Gasteiger partial charge in [0.2, 0.25) is 0 Å². The molecule has 0 unspecified atom stereocenters. The second-order valence-electron chi connectivity index (χ2n) is 15.8. The molecule has 1 heterocycles. The molecule has 3 aromatic rings. The molecular formula is C42H45Cl4NO5S. The van der Waals surface area contributed by atoms with Crippen LogP contribution in [0.4, 0.5) is 5.69 Å². The Balaban J connectivity index is 1.92. The van der Waals surface area contributed by atoms with Crippen molar-refractivity contribution >= 4 is 90.5 Å². The molecule has 3 aliphatic rings. The van der Waals surface area contributed by atoms with Crippen LogP contribution < -0.4 is 15.3 Å². The maximum Gasteiger partial charge on any atom is 0.340 e. The molecule has 282 valence electrons. The maximum absolute atomic E-state index is 13.9. The number of carbonyl (C=O) groups is 1. The van der Waals surface area contributed by atoms with Crippen LogP contribution in [-0.2, 0) is 20.3 Å². The number of benzene rings is 3. The van der Waals surface area contributed by atoms with Crippen LogP contribution in [0.3, 0.4) is 0 Å². The largest absolute Gasteiger partial charge is 0.462 e. The highest BCUT2D eigenvalue weighted by Gasteiger charge is 2.41. The summed E-state index contributed by atoms with van der Waals surface area (Å²) in [6.07, 6.45) is 5.04. The molecule has 6 nitrogen and oxygen atoms in total. The smallest absolute Gasteiger partial charge is 0.340 e. The van der Waals surface area contributed by atoms with Crippen molar-refractivity contribution in [1.29, 1.82) is 0 Å². The summed E-state index contributed by atoms with van der Waals surface area (Å²) in [6.45, 7) is 21.6. The zero-order chi connectivity index (χ0) is 39.3. The Hall–Kier alpha value is -2.78. The second kappa shape index (κ2) is 13.5. The van der Waals surface area contributed by atoms with Gasteiger partial charge >= 0.3 is 5.97 Å². The van der Waals surface area contributed by atoms with Gasteiger partial charge < -0.3 is 9.64 Å². The number of carbonyl (C=O) groups excluding carboxylic acids is 1. The van der Waals surface area contributed by atoms with Crippen LogP contribution in [0.1, 0.15) is 119 Å². The van der Waals surface area contributed by atoms with Gasteiger partial charge in [0.1, 0.15) is 5.75 Å². The van der Waals surface area contributed by atoms with Crippen LogP contribution in [-0.4, -0.2) is 43.4 Å². The molecular weight excluding hydrogens is 772 g/mol. The van der Waals surface area contributed by atoms with Crippen LogP contribution >= 0.6 is 46.4 Å². The SMILES string of the molecule is CCOC(=O)c1c(Cl)c(Cl)c(Cl)c(Cl)c1C1=c2cc3c(cc2C(C)(C)c2cc4c(cc21)C(CS(=O)(=O)O)=CC(C)(C)N4CC)=C(CC)C(C)(C)C=C3C. The summed E-state index contributed by atoms with van der Waals surface area (Å²) in [4.78, 5) is 16.1. The van der Waals surface area contributed by atoms with E-state index in [1.165, 1.54) is 10.8 Å². The van der Waals surface area contributed by atoms with Gasteiger partial charge in [0.05, 0.1) is 37.8 Å². The van der Waals surface area contributed by atoms with Crippen molar-refractivity contribution in [1.82, 2.24) is 0 Å². The van der Waals surface area contributed by atoms with Crippen molar-refractivity contribution in [3.8, 4) is 0 Å². The first-order valence-corrected chi connectivity index (χ1v) is 20.9. The number of fused-ring (bicyclic) bond motifs is 4. The van der Waals surface area contributed by atoms with E-state index in [0.717, 1.165) is 39.6 Å². The van der Waals surface area contributed by atoms with Gasteiger partial charge in [-0.25, -0.2) is 4.79 Å². The van der Waals surface area contributed by atoms with Crippen molar-refractivity contribution in [3.05, 3.63) is 106 Å². The van der Waals surface area contributed by atoms with Gasteiger partial charge in [-0.2, -0.15) is 8.42 Å². The summed E-state index contributed by atoms with van der Waals surface area (Å²) in [5, 5.41) is 1.85. The summed E-state index contributed by atoms with van der Waals surface area (Å²) in [5.74, 6) is -1.29. The number of hydrogen-bond acceptors (Lipinski definition) is 5. The van der Waals surface area contributed by atoms with Crippen LogP contribution in [0.2, 0.25) is 20.1 Å².